The van der Waals surface area contributed by atoms with Crippen molar-refractivity contribution in [1.82, 2.24) is 24.7 Å². The van der Waals surface area contributed by atoms with Gasteiger partial charge >= 0.3 is 0 Å². The number of methoxy groups -OCH3 is 1. The maximum absolute atomic E-state index is 14.3. The van der Waals surface area contributed by atoms with Gasteiger partial charge in [0.25, 0.3) is 0 Å². The largest absolute Gasteiger partial charge is 0.507 e. The maximum atomic E-state index is 14.3. The lowest BCUT2D eigenvalue weighted by Crippen LogP contribution is -2.12. The molecule has 3 aromatic rings. The summed E-state index contributed by atoms with van der Waals surface area (Å²) in [6.07, 6.45) is 6.36. The molecule has 2 aromatic heterocycles. The third-order valence-corrected chi connectivity index (χ3v) is 5.13. The van der Waals surface area contributed by atoms with Crippen LogP contribution >= 0.6 is 0 Å². The Hall–Kier alpha value is -3.13. The van der Waals surface area contributed by atoms with Crippen LogP contribution in [0.3, 0.4) is 0 Å². The van der Waals surface area contributed by atoms with Gasteiger partial charge in [0.2, 0.25) is 0 Å². The summed E-state index contributed by atoms with van der Waals surface area (Å²) < 4.78 is 21.3. The first-order chi connectivity index (χ1) is 13.6. The zero-order valence-corrected chi connectivity index (χ0v) is 15.4. The van der Waals surface area contributed by atoms with Crippen molar-refractivity contribution in [2.24, 2.45) is 5.92 Å². The van der Waals surface area contributed by atoms with Crippen molar-refractivity contribution >= 4 is 5.57 Å². The van der Waals surface area contributed by atoms with Gasteiger partial charge in [-0.25, -0.2) is 14.4 Å². The number of phenols is 1. The summed E-state index contributed by atoms with van der Waals surface area (Å²) in [7, 11) is 1.58. The highest BCUT2D eigenvalue weighted by Gasteiger charge is 2.37. The number of allylic oxidation sites excluding steroid dienone is 1. The second kappa shape index (κ2) is 7.47. The van der Waals surface area contributed by atoms with E-state index < -0.39 is 6.17 Å². The zero-order chi connectivity index (χ0) is 19.7. The molecule has 2 heterocycles. The minimum absolute atomic E-state index is 0.0522. The molecule has 1 aromatic carbocycles. The quantitative estimate of drug-likeness (QED) is 0.730. The minimum atomic E-state index is -1.03. The van der Waals surface area contributed by atoms with Crippen molar-refractivity contribution in [1.29, 1.82) is 0 Å². The third-order valence-electron chi connectivity index (χ3n) is 5.13. The van der Waals surface area contributed by atoms with Gasteiger partial charge in [-0.3, -0.25) is 0 Å². The molecule has 1 aliphatic rings. The lowest BCUT2D eigenvalue weighted by molar-refractivity contribution is 0.102. The van der Waals surface area contributed by atoms with Gasteiger partial charge in [-0.05, 0) is 24.1 Å². The van der Waals surface area contributed by atoms with Crippen LogP contribution in [0.1, 0.15) is 18.7 Å². The highest BCUT2D eigenvalue weighted by atomic mass is 19.1. The molecule has 3 atom stereocenters. The molecule has 1 fully saturated rings. The molecule has 0 amide bonds. The normalized spacial score (nSPS) is 21.7. The number of benzene rings is 1. The number of phenolic OH excluding ortho intramolecular Hbond substituents is 1. The molecule has 4 rings (SSSR count). The number of rotatable bonds is 5. The van der Waals surface area contributed by atoms with E-state index in [1.165, 1.54) is 6.20 Å². The average molecular weight is 381 g/mol. The Morgan fingerprint density at radius 2 is 2.18 bits per heavy atom. The van der Waals surface area contributed by atoms with Crippen molar-refractivity contribution in [3.05, 3.63) is 55.5 Å². The fourth-order valence-electron chi connectivity index (χ4n) is 3.52. The van der Waals surface area contributed by atoms with Crippen molar-refractivity contribution in [3.63, 3.8) is 0 Å². The molecule has 0 unspecified atom stereocenters. The zero-order valence-electron chi connectivity index (χ0n) is 15.4. The van der Waals surface area contributed by atoms with E-state index in [1.54, 1.807) is 42.5 Å². The van der Waals surface area contributed by atoms with Crippen LogP contribution in [0, 0.1) is 5.92 Å². The van der Waals surface area contributed by atoms with Gasteiger partial charge in [0.15, 0.2) is 5.82 Å². The number of ether oxygens (including phenoxy) is 1. The van der Waals surface area contributed by atoms with Gasteiger partial charge in [-0.15, -0.1) is 10.2 Å². The number of halogens is 1. The van der Waals surface area contributed by atoms with Crippen LogP contribution in [-0.2, 0) is 4.74 Å². The number of imidazole rings is 1. The number of alkyl halides is 1. The Labute approximate surface area is 161 Å². The Bertz CT molecular complexity index is 975. The topological polar surface area (TPSA) is 86.0 Å². The van der Waals surface area contributed by atoms with Crippen LogP contribution in [0.2, 0.25) is 0 Å². The van der Waals surface area contributed by atoms with E-state index in [2.05, 4.69) is 26.7 Å². The van der Waals surface area contributed by atoms with Crippen molar-refractivity contribution in [2.75, 3.05) is 7.11 Å². The molecular formula is C20H20FN5O2. The second-order valence-electron chi connectivity index (χ2n) is 6.82. The molecular weight excluding hydrogens is 361 g/mol. The number of aromatic nitrogens is 5. The first-order valence-corrected chi connectivity index (χ1v) is 8.94. The van der Waals surface area contributed by atoms with E-state index in [4.69, 9.17) is 4.74 Å². The van der Waals surface area contributed by atoms with Gasteiger partial charge in [0.1, 0.15) is 17.6 Å². The molecule has 0 spiro atoms. The Morgan fingerprint density at radius 3 is 2.79 bits per heavy atom. The Balaban J connectivity index is 1.54. The fourth-order valence-corrected chi connectivity index (χ4v) is 3.52. The predicted molar refractivity (Wildman–Crippen MR) is 102 cm³/mol. The number of aromatic hydroxyl groups is 1. The number of hydrogen-bond acceptors (Lipinski definition) is 6. The van der Waals surface area contributed by atoms with E-state index in [0.29, 0.717) is 35.5 Å². The summed E-state index contributed by atoms with van der Waals surface area (Å²) in [6.45, 7) is 3.97. The highest BCUT2D eigenvalue weighted by molar-refractivity contribution is 5.68. The molecule has 0 bridgehead atoms. The van der Waals surface area contributed by atoms with Crippen molar-refractivity contribution in [3.8, 4) is 22.7 Å². The van der Waals surface area contributed by atoms with E-state index >= 15 is 0 Å². The Kier molecular flexibility index (Phi) is 4.87. The molecule has 0 aliphatic heterocycles. The fraction of sp³-hybridized carbons (Fsp3) is 0.300. The molecule has 1 N–H and O–H groups in total. The number of nitrogens with zero attached hydrogens (tertiary/aromatic N) is 5. The van der Waals surface area contributed by atoms with Crippen LogP contribution in [-0.4, -0.2) is 49.2 Å². The van der Waals surface area contributed by atoms with Gasteiger partial charge < -0.3 is 14.4 Å². The second-order valence-corrected chi connectivity index (χ2v) is 6.82. The Morgan fingerprint density at radius 1 is 1.32 bits per heavy atom. The van der Waals surface area contributed by atoms with Crippen LogP contribution in [0.25, 0.3) is 22.5 Å². The van der Waals surface area contributed by atoms with Crippen molar-refractivity contribution in [2.45, 2.75) is 25.1 Å². The van der Waals surface area contributed by atoms with E-state index in [-0.39, 0.29) is 17.8 Å². The molecule has 0 saturated heterocycles. The first-order valence-electron chi connectivity index (χ1n) is 8.94. The molecule has 0 radical (unpaired) electrons. The van der Waals surface area contributed by atoms with E-state index in [0.717, 1.165) is 5.69 Å². The van der Waals surface area contributed by atoms with Gasteiger partial charge in [-0.1, -0.05) is 6.58 Å². The summed E-state index contributed by atoms with van der Waals surface area (Å²) in [5.74, 6) is -0.0143. The van der Waals surface area contributed by atoms with Gasteiger partial charge in [-0.2, -0.15) is 0 Å². The van der Waals surface area contributed by atoms with Gasteiger partial charge in [0, 0.05) is 43.5 Å². The summed E-state index contributed by atoms with van der Waals surface area (Å²) in [4.78, 5) is 8.28. The lowest BCUT2D eigenvalue weighted by atomic mass is 9.97. The first kappa shape index (κ1) is 18.2. The summed E-state index contributed by atoms with van der Waals surface area (Å²) in [5.41, 5.74) is 2.22. The smallest absolute Gasteiger partial charge is 0.177 e. The van der Waals surface area contributed by atoms with Crippen LogP contribution in [0.4, 0.5) is 4.39 Å². The molecule has 28 heavy (non-hydrogen) atoms. The van der Waals surface area contributed by atoms with Crippen LogP contribution in [0.15, 0.2) is 49.7 Å². The summed E-state index contributed by atoms with van der Waals surface area (Å²) in [5, 5.41) is 18.6. The molecule has 7 nitrogen and oxygen atoms in total. The van der Waals surface area contributed by atoms with E-state index in [1.807, 2.05) is 6.07 Å². The standard InChI is InChI=1S/C20H20FN5O2/c1-12(16-8-14(28-2)9-17(16)21)20-23-10-18(24-25-20)15-4-3-13(7-19(15)27)26-6-5-22-11-26/h3-7,10-11,14,16-17,27H,1,8-9H2,2H3/t14-,16-,17+/m0/s1. The molecule has 1 saturated carbocycles. The molecule has 1 aliphatic carbocycles. The molecule has 144 valence electrons. The highest BCUT2D eigenvalue weighted by Crippen LogP contribution is 2.38. The lowest BCUT2D eigenvalue weighted by Gasteiger charge is -2.14. The summed E-state index contributed by atoms with van der Waals surface area (Å²) >= 11 is 0. The minimum Gasteiger partial charge on any atom is -0.507 e. The molecule has 8 heteroatoms. The number of hydrogen-bond donors (Lipinski definition) is 1. The average Bonchev–Trinajstić information content (AvgIpc) is 3.37. The van der Waals surface area contributed by atoms with Crippen LogP contribution < -0.4 is 0 Å². The summed E-state index contributed by atoms with van der Waals surface area (Å²) in [6, 6.07) is 5.19. The SMILES string of the molecule is C=C(c1ncc(-c2ccc(-n3ccnc3)cc2O)nn1)[C@@H]1C[C@H](OC)C[C@H]1F. The monoisotopic (exact) mass is 381 g/mol. The third kappa shape index (κ3) is 3.38. The van der Waals surface area contributed by atoms with Crippen LogP contribution in [0.5, 0.6) is 5.75 Å². The van der Waals surface area contributed by atoms with Crippen molar-refractivity contribution < 1.29 is 14.2 Å². The van der Waals surface area contributed by atoms with Gasteiger partial charge in [0.05, 0.1) is 24.3 Å². The maximum Gasteiger partial charge on any atom is 0.177 e. The van der Waals surface area contributed by atoms with E-state index in [9.17, 15) is 9.50 Å². The predicted octanol–water partition coefficient (Wildman–Crippen LogP) is 3.21.